The van der Waals surface area contributed by atoms with Crippen molar-refractivity contribution in [3.05, 3.63) is 0 Å². The van der Waals surface area contributed by atoms with E-state index in [9.17, 15) is 0 Å². The van der Waals surface area contributed by atoms with E-state index < -0.39 is 0 Å². The van der Waals surface area contributed by atoms with Gasteiger partial charge in [-0.3, -0.25) is 0 Å². The summed E-state index contributed by atoms with van der Waals surface area (Å²) in [5.41, 5.74) is 5.25. The SMILES string of the molecule is CC(CO)COCCCN. The van der Waals surface area contributed by atoms with Crippen LogP contribution in [0.2, 0.25) is 0 Å². The van der Waals surface area contributed by atoms with Gasteiger partial charge in [-0.1, -0.05) is 6.92 Å². The van der Waals surface area contributed by atoms with E-state index in [1.54, 1.807) is 0 Å². The van der Waals surface area contributed by atoms with E-state index >= 15 is 0 Å². The van der Waals surface area contributed by atoms with Crippen LogP contribution in [0.25, 0.3) is 0 Å². The molecule has 0 fully saturated rings. The minimum Gasteiger partial charge on any atom is -0.396 e. The van der Waals surface area contributed by atoms with Gasteiger partial charge >= 0.3 is 0 Å². The molecule has 3 nitrogen and oxygen atoms in total. The van der Waals surface area contributed by atoms with Crippen molar-refractivity contribution in [1.29, 1.82) is 0 Å². The van der Waals surface area contributed by atoms with Crippen LogP contribution in [-0.2, 0) is 4.74 Å². The number of nitrogens with two attached hydrogens (primary N) is 1. The van der Waals surface area contributed by atoms with Gasteiger partial charge in [-0.15, -0.1) is 0 Å². The summed E-state index contributed by atoms with van der Waals surface area (Å²) < 4.78 is 5.19. The number of aliphatic hydroxyl groups is 1. The van der Waals surface area contributed by atoms with E-state index in [2.05, 4.69) is 0 Å². The van der Waals surface area contributed by atoms with Gasteiger partial charge in [-0.2, -0.15) is 0 Å². The van der Waals surface area contributed by atoms with E-state index in [4.69, 9.17) is 15.6 Å². The molecule has 1 atom stereocenters. The molecule has 0 aromatic rings. The average Bonchev–Trinajstić information content (AvgIpc) is 1.98. The first-order valence-corrected chi connectivity index (χ1v) is 3.70. The summed E-state index contributed by atoms with van der Waals surface area (Å²) in [6.45, 7) is 4.16. The lowest BCUT2D eigenvalue weighted by molar-refractivity contribution is 0.0795. The van der Waals surface area contributed by atoms with Gasteiger partial charge < -0.3 is 15.6 Å². The van der Waals surface area contributed by atoms with Gasteiger partial charge in [0.15, 0.2) is 0 Å². The van der Waals surface area contributed by atoms with Gasteiger partial charge in [0.2, 0.25) is 0 Å². The quantitative estimate of drug-likeness (QED) is 0.519. The number of hydrogen-bond donors (Lipinski definition) is 2. The number of rotatable bonds is 6. The lowest BCUT2D eigenvalue weighted by Gasteiger charge is -2.07. The monoisotopic (exact) mass is 147 g/mol. The first kappa shape index (κ1) is 9.88. The van der Waals surface area contributed by atoms with Crippen LogP contribution in [0.4, 0.5) is 0 Å². The zero-order valence-corrected chi connectivity index (χ0v) is 6.55. The molecule has 0 aromatic carbocycles. The van der Waals surface area contributed by atoms with Crippen molar-refractivity contribution in [2.75, 3.05) is 26.4 Å². The molecule has 0 bridgehead atoms. The Morgan fingerprint density at radius 2 is 2.30 bits per heavy atom. The molecule has 0 saturated heterocycles. The molecule has 0 spiro atoms. The van der Waals surface area contributed by atoms with Gasteiger partial charge in [0.1, 0.15) is 0 Å². The molecule has 0 amide bonds. The van der Waals surface area contributed by atoms with Crippen LogP contribution in [0.3, 0.4) is 0 Å². The highest BCUT2D eigenvalue weighted by Gasteiger charge is 1.97. The van der Waals surface area contributed by atoms with Gasteiger partial charge in [0.05, 0.1) is 6.61 Å². The van der Waals surface area contributed by atoms with Gasteiger partial charge in [-0.25, -0.2) is 0 Å². The molecular weight excluding hydrogens is 130 g/mol. The minimum absolute atomic E-state index is 0.197. The normalized spacial score (nSPS) is 13.5. The lowest BCUT2D eigenvalue weighted by Crippen LogP contribution is -2.12. The molecule has 0 aliphatic rings. The summed E-state index contributed by atoms with van der Waals surface area (Å²) in [4.78, 5) is 0. The summed E-state index contributed by atoms with van der Waals surface area (Å²) in [5, 5.41) is 8.59. The maximum Gasteiger partial charge on any atom is 0.0513 e. The topological polar surface area (TPSA) is 55.5 Å². The Morgan fingerprint density at radius 1 is 1.60 bits per heavy atom. The Kier molecular flexibility index (Phi) is 6.91. The molecule has 0 radical (unpaired) electrons. The maximum atomic E-state index is 8.59. The molecular formula is C7H17NO2. The van der Waals surface area contributed by atoms with Crippen molar-refractivity contribution in [3.63, 3.8) is 0 Å². The van der Waals surface area contributed by atoms with Crippen molar-refractivity contribution in [2.24, 2.45) is 11.7 Å². The third kappa shape index (κ3) is 6.01. The van der Waals surface area contributed by atoms with Crippen LogP contribution in [0.15, 0.2) is 0 Å². The maximum absolute atomic E-state index is 8.59. The summed E-state index contributed by atoms with van der Waals surface area (Å²) in [6, 6.07) is 0. The van der Waals surface area contributed by atoms with Crippen molar-refractivity contribution in [1.82, 2.24) is 0 Å². The predicted octanol–water partition coefficient (Wildman–Crippen LogP) is -0.0198. The third-order valence-corrected chi connectivity index (χ3v) is 1.21. The van der Waals surface area contributed by atoms with E-state index in [-0.39, 0.29) is 12.5 Å². The van der Waals surface area contributed by atoms with Crippen LogP contribution in [0.5, 0.6) is 0 Å². The van der Waals surface area contributed by atoms with Gasteiger partial charge in [0.25, 0.3) is 0 Å². The highest BCUT2D eigenvalue weighted by molar-refractivity contribution is 4.46. The molecule has 62 valence electrons. The Bertz CT molecular complexity index is 68.6. The van der Waals surface area contributed by atoms with Crippen LogP contribution >= 0.6 is 0 Å². The predicted molar refractivity (Wildman–Crippen MR) is 40.7 cm³/mol. The molecule has 1 unspecified atom stereocenters. The van der Waals surface area contributed by atoms with Crippen molar-refractivity contribution >= 4 is 0 Å². The van der Waals surface area contributed by atoms with E-state index in [1.807, 2.05) is 6.92 Å². The van der Waals surface area contributed by atoms with Crippen LogP contribution in [0, 0.1) is 5.92 Å². The largest absolute Gasteiger partial charge is 0.396 e. The zero-order valence-electron chi connectivity index (χ0n) is 6.55. The van der Waals surface area contributed by atoms with E-state index in [0.29, 0.717) is 19.8 Å². The summed E-state index contributed by atoms with van der Waals surface area (Å²) in [7, 11) is 0. The highest BCUT2D eigenvalue weighted by Crippen LogP contribution is 1.93. The second-order valence-electron chi connectivity index (χ2n) is 2.50. The molecule has 0 aliphatic heterocycles. The summed E-state index contributed by atoms with van der Waals surface area (Å²) >= 11 is 0. The fourth-order valence-electron chi connectivity index (χ4n) is 0.523. The van der Waals surface area contributed by atoms with Crippen LogP contribution in [-0.4, -0.2) is 31.5 Å². The average molecular weight is 147 g/mol. The Morgan fingerprint density at radius 3 is 2.80 bits per heavy atom. The number of aliphatic hydroxyl groups excluding tert-OH is 1. The Hall–Kier alpha value is -0.120. The van der Waals surface area contributed by atoms with Crippen molar-refractivity contribution < 1.29 is 9.84 Å². The summed E-state index contributed by atoms with van der Waals surface area (Å²) in [5.74, 6) is 0.248. The molecule has 0 aromatic heterocycles. The van der Waals surface area contributed by atoms with Gasteiger partial charge in [-0.05, 0) is 13.0 Å². The fraction of sp³-hybridized carbons (Fsp3) is 1.00. The number of hydrogen-bond acceptors (Lipinski definition) is 3. The van der Waals surface area contributed by atoms with Crippen LogP contribution in [0.1, 0.15) is 13.3 Å². The highest BCUT2D eigenvalue weighted by atomic mass is 16.5. The molecule has 3 heteroatoms. The molecule has 0 aliphatic carbocycles. The van der Waals surface area contributed by atoms with E-state index in [1.165, 1.54) is 0 Å². The van der Waals surface area contributed by atoms with Gasteiger partial charge in [0, 0.05) is 19.1 Å². The zero-order chi connectivity index (χ0) is 7.82. The first-order chi connectivity index (χ1) is 4.81. The molecule has 0 saturated carbocycles. The lowest BCUT2D eigenvalue weighted by atomic mass is 10.2. The number of ether oxygens (including phenoxy) is 1. The molecule has 10 heavy (non-hydrogen) atoms. The van der Waals surface area contributed by atoms with Crippen molar-refractivity contribution in [3.8, 4) is 0 Å². The van der Waals surface area contributed by atoms with Crippen LogP contribution < -0.4 is 5.73 Å². The van der Waals surface area contributed by atoms with E-state index in [0.717, 1.165) is 6.42 Å². The fourth-order valence-corrected chi connectivity index (χ4v) is 0.523. The summed E-state index contributed by atoms with van der Waals surface area (Å²) in [6.07, 6.45) is 0.901. The Balaban J connectivity index is 2.89. The standard InChI is InChI=1S/C7H17NO2/c1-7(5-9)6-10-4-2-3-8/h7,9H,2-6,8H2,1H3. The third-order valence-electron chi connectivity index (χ3n) is 1.21. The minimum atomic E-state index is 0.197. The second kappa shape index (κ2) is 6.99. The Labute approximate surface area is 62.2 Å². The molecule has 0 heterocycles. The second-order valence-corrected chi connectivity index (χ2v) is 2.50. The van der Waals surface area contributed by atoms with Crippen molar-refractivity contribution in [2.45, 2.75) is 13.3 Å². The smallest absolute Gasteiger partial charge is 0.0513 e. The first-order valence-electron chi connectivity index (χ1n) is 3.70. The molecule has 3 N–H and O–H groups in total. The molecule has 0 rings (SSSR count).